The van der Waals surface area contributed by atoms with Gasteiger partial charge in [-0.15, -0.1) is 5.10 Å². The molecule has 0 fully saturated rings. The van der Waals surface area contributed by atoms with Gasteiger partial charge in [0.25, 0.3) is 9.05 Å². The minimum Gasteiger partial charge on any atom is -0.327 e. The molecule has 0 aliphatic heterocycles. The van der Waals surface area contributed by atoms with Crippen molar-refractivity contribution in [2.24, 2.45) is 7.05 Å². The molecule has 18 heavy (non-hydrogen) atoms. The van der Waals surface area contributed by atoms with Crippen LogP contribution in [-0.4, -0.2) is 33.0 Å². The number of halogens is 1. The Labute approximate surface area is 109 Å². The van der Waals surface area contributed by atoms with Crippen molar-refractivity contribution < 1.29 is 8.42 Å². The van der Waals surface area contributed by atoms with Gasteiger partial charge < -0.3 is 4.57 Å². The van der Waals surface area contributed by atoms with Gasteiger partial charge in [0.05, 0.1) is 6.54 Å². The maximum atomic E-state index is 11.2. The van der Waals surface area contributed by atoms with Crippen LogP contribution in [-0.2, 0) is 29.1 Å². The molecule has 0 aromatic carbocycles. The third-order valence-electron chi connectivity index (χ3n) is 2.39. The van der Waals surface area contributed by atoms with Gasteiger partial charge in [-0.25, -0.2) is 13.4 Å². The highest BCUT2D eigenvalue weighted by atomic mass is 35.7. The van der Waals surface area contributed by atoms with Gasteiger partial charge in [-0.05, 0) is 0 Å². The van der Waals surface area contributed by atoms with Crippen LogP contribution >= 0.6 is 10.7 Å². The van der Waals surface area contributed by atoms with E-state index in [-0.39, 0.29) is 5.03 Å². The molecule has 0 bridgehead atoms. The van der Waals surface area contributed by atoms with Crippen LogP contribution in [0.15, 0.2) is 17.4 Å². The quantitative estimate of drug-likeness (QED) is 0.768. The lowest BCUT2D eigenvalue weighted by molar-refractivity contribution is 0.606. The second-order valence-electron chi connectivity index (χ2n) is 3.80. The first-order valence-electron chi connectivity index (χ1n) is 5.26. The van der Waals surface area contributed by atoms with Crippen LogP contribution in [0.2, 0.25) is 0 Å². The van der Waals surface area contributed by atoms with Crippen LogP contribution in [0, 0.1) is 0 Å². The summed E-state index contributed by atoms with van der Waals surface area (Å²) in [4.78, 5) is 3.99. The monoisotopic (exact) mass is 289 g/mol. The molecule has 2 heterocycles. The van der Waals surface area contributed by atoms with E-state index in [0.717, 1.165) is 5.69 Å². The number of aryl methyl sites for hydroxylation is 2. The van der Waals surface area contributed by atoms with E-state index in [1.54, 1.807) is 22.5 Å². The standard InChI is InChI=1S/C9H12ClN5O2S/c1-3-8-11-9(18(10,16)17)6-15(8)5-7-4-14(2)13-12-7/h4,6H,3,5H2,1-2H3. The number of hydrogen-bond donors (Lipinski definition) is 0. The zero-order valence-electron chi connectivity index (χ0n) is 9.91. The van der Waals surface area contributed by atoms with Crippen LogP contribution in [0.3, 0.4) is 0 Å². The van der Waals surface area contributed by atoms with Gasteiger partial charge in [-0.1, -0.05) is 12.1 Å². The fourth-order valence-corrected chi connectivity index (χ4v) is 2.30. The maximum absolute atomic E-state index is 11.2. The van der Waals surface area contributed by atoms with E-state index in [4.69, 9.17) is 10.7 Å². The Hall–Kier alpha value is -1.41. The molecular formula is C9H12ClN5O2S. The van der Waals surface area contributed by atoms with Crippen molar-refractivity contribution in [2.45, 2.75) is 24.9 Å². The van der Waals surface area contributed by atoms with Crippen LogP contribution in [0.25, 0.3) is 0 Å². The van der Waals surface area contributed by atoms with Crippen LogP contribution in [0.4, 0.5) is 0 Å². The predicted octanol–water partition coefficient (Wildman–Crippen LogP) is 0.550. The molecule has 0 unspecified atom stereocenters. The second-order valence-corrected chi connectivity index (χ2v) is 6.31. The molecule has 0 aliphatic rings. The van der Waals surface area contributed by atoms with Gasteiger partial charge >= 0.3 is 0 Å². The minimum atomic E-state index is -3.80. The van der Waals surface area contributed by atoms with Gasteiger partial charge in [-0.2, -0.15) is 0 Å². The average molecular weight is 290 g/mol. The van der Waals surface area contributed by atoms with Gasteiger partial charge in [0, 0.05) is 36.5 Å². The highest BCUT2D eigenvalue weighted by molar-refractivity contribution is 8.13. The number of nitrogens with zero attached hydrogens (tertiary/aromatic N) is 5. The van der Waals surface area contributed by atoms with Crippen molar-refractivity contribution >= 4 is 19.7 Å². The first-order valence-corrected chi connectivity index (χ1v) is 7.57. The Bertz CT molecular complexity index is 660. The van der Waals surface area contributed by atoms with E-state index < -0.39 is 9.05 Å². The number of rotatable bonds is 4. The van der Waals surface area contributed by atoms with Gasteiger partial charge in [0.2, 0.25) is 0 Å². The summed E-state index contributed by atoms with van der Waals surface area (Å²) in [6.07, 6.45) is 3.77. The fourth-order valence-electron chi connectivity index (χ4n) is 1.61. The number of hydrogen-bond acceptors (Lipinski definition) is 5. The topological polar surface area (TPSA) is 82.7 Å². The molecule has 9 heteroatoms. The molecule has 0 radical (unpaired) electrons. The second kappa shape index (κ2) is 4.69. The summed E-state index contributed by atoms with van der Waals surface area (Å²) in [7, 11) is 3.23. The van der Waals surface area contributed by atoms with Gasteiger partial charge in [0.15, 0.2) is 5.03 Å². The Morgan fingerprint density at radius 1 is 1.39 bits per heavy atom. The molecule has 0 spiro atoms. The van der Waals surface area contributed by atoms with Crippen molar-refractivity contribution in [2.75, 3.05) is 0 Å². The molecular weight excluding hydrogens is 278 g/mol. The van der Waals surface area contributed by atoms with Gasteiger partial charge in [-0.3, -0.25) is 4.68 Å². The first kappa shape index (κ1) is 13.0. The van der Waals surface area contributed by atoms with E-state index in [9.17, 15) is 8.42 Å². The molecule has 0 atom stereocenters. The number of aromatic nitrogens is 5. The van der Waals surface area contributed by atoms with Crippen LogP contribution in [0.5, 0.6) is 0 Å². The molecule has 0 aliphatic carbocycles. The SMILES string of the molecule is CCc1nc(S(=O)(=O)Cl)cn1Cc1cn(C)nn1. The number of imidazole rings is 1. The predicted molar refractivity (Wildman–Crippen MR) is 64.7 cm³/mol. The Morgan fingerprint density at radius 3 is 2.61 bits per heavy atom. The third kappa shape index (κ3) is 2.70. The maximum Gasteiger partial charge on any atom is 0.280 e. The van der Waals surface area contributed by atoms with Crippen LogP contribution in [0.1, 0.15) is 18.4 Å². The first-order chi connectivity index (χ1) is 8.40. The molecule has 0 amide bonds. The highest BCUT2D eigenvalue weighted by Gasteiger charge is 2.17. The van der Waals surface area contributed by atoms with E-state index in [1.165, 1.54) is 6.20 Å². The Morgan fingerprint density at radius 2 is 2.11 bits per heavy atom. The molecule has 0 saturated carbocycles. The highest BCUT2D eigenvalue weighted by Crippen LogP contribution is 2.15. The van der Waals surface area contributed by atoms with E-state index in [2.05, 4.69) is 15.3 Å². The van der Waals surface area contributed by atoms with E-state index in [1.807, 2.05) is 6.92 Å². The summed E-state index contributed by atoms with van der Waals surface area (Å²) >= 11 is 0. The van der Waals surface area contributed by atoms with Crippen molar-refractivity contribution in [3.63, 3.8) is 0 Å². The molecule has 2 aromatic rings. The minimum absolute atomic E-state index is 0.134. The van der Waals surface area contributed by atoms with Crippen molar-refractivity contribution in [1.29, 1.82) is 0 Å². The third-order valence-corrected chi connectivity index (χ3v) is 3.56. The molecule has 2 aromatic heterocycles. The van der Waals surface area contributed by atoms with Crippen molar-refractivity contribution in [3.8, 4) is 0 Å². The molecule has 0 saturated heterocycles. The smallest absolute Gasteiger partial charge is 0.280 e. The Balaban J connectivity index is 2.35. The Kier molecular flexibility index (Phi) is 3.40. The van der Waals surface area contributed by atoms with Crippen LogP contribution < -0.4 is 0 Å². The van der Waals surface area contributed by atoms with Crippen molar-refractivity contribution in [3.05, 3.63) is 23.9 Å². The summed E-state index contributed by atoms with van der Waals surface area (Å²) in [5.74, 6) is 0.639. The zero-order chi connectivity index (χ0) is 13.3. The van der Waals surface area contributed by atoms with E-state index in [0.29, 0.717) is 18.8 Å². The van der Waals surface area contributed by atoms with E-state index >= 15 is 0 Å². The largest absolute Gasteiger partial charge is 0.327 e. The summed E-state index contributed by atoms with van der Waals surface area (Å²) in [6.45, 7) is 2.30. The molecule has 2 rings (SSSR count). The van der Waals surface area contributed by atoms with Crippen molar-refractivity contribution in [1.82, 2.24) is 24.5 Å². The summed E-state index contributed by atoms with van der Waals surface area (Å²) in [6, 6.07) is 0. The normalized spacial score (nSPS) is 11.9. The molecule has 98 valence electrons. The summed E-state index contributed by atoms with van der Waals surface area (Å²) in [5.41, 5.74) is 0.725. The summed E-state index contributed by atoms with van der Waals surface area (Å²) in [5, 5.41) is 7.62. The summed E-state index contributed by atoms with van der Waals surface area (Å²) < 4.78 is 25.7. The average Bonchev–Trinajstić information content (AvgIpc) is 2.85. The lowest BCUT2D eigenvalue weighted by Crippen LogP contribution is -2.03. The lowest BCUT2D eigenvalue weighted by atomic mass is 10.4. The van der Waals surface area contributed by atoms with Gasteiger partial charge in [0.1, 0.15) is 11.5 Å². The molecule has 7 nitrogen and oxygen atoms in total. The fraction of sp³-hybridized carbons (Fsp3) is 0.444. The zero-order valence-corrected chi connectivity index (χ0v) is 11.5. The lowest BCUT2D eigenvalue weighted by Gasteiger charge is -2.02. The molecule has 0 N–H and O–H groups in total.